The van der Waals surface area contributed by atoms with Crippen LogP contribution in [0.4, 0.5) is 34.1 Å². The molecule has 20 heavy (non-hydrogen) atoms. The maximum absolute atomic E-state index is 6.24. The first-order chi connectivity index (χ1) is 9.43. The molecule has 3 rings (SSSR count). The molecule has 0 bridgehead atoms. The van der Waals surface area contributed by atoms with Crippen LogP contribution in [-0.2, 0) is 0 Å². The van der Waals surface area contributed by atoms with Crippen LogP contribution in [-0.4, -0.2) is 0 Å². The van der Waals surface area contributed by atoms with Gasteiger partial charge in [0, 0.05) is 44.3 Å². The van der Waals surface area contributed by atoms with Gasteiger partial charge in [0.15, 0.2) is 0 Å². The van der Waals surface area contributed by atoms with Crippen molar-refractivity contribution < 1.29 is 0 Å². The normalized spacial score (nSPS) is 11.2. The fourth-order valence-corrected chi connectivity index (χ4v) is 2.68. The van der Waals surface area contributed by atoms with Gasteiger partial charge in [-0.2, -0.15) is 0 Å². The first kappa shape index (κ1) is 12.0. The maximum Gasteiger partial charge on any atom is 0.0518 e. The zero-order chi connectivity index (χ0) is 14.6. The maximum atomic E-state index is 6.24. The number of anilines is 6. The minimum atomic E-state index is 0.443. The van der Waals surface area contributed by atoms with Crippen molar-refractivity contribution in [3.05, 3.63) is 24.3 Å². The lowest BCUT2D eigenvalue weighted by atomic mass is 9.95. The zero-order valence-corrected chi connectivity index (χ0v) is 10.8. The molecular formula is C14H16N6. The van der Waals surface area contributed by atoms with E-state index in [4.69, 9.17) is 34.4 Å². The summed E-state index contributed by atoms with van der Waals surface area (Å²) in [5.74, 6) is 0. The standard InChI is InChI=1S/C14H16N6/c15-5-1-2-6(16)10-9(5)13(19)11-7(17)3-4-8(18)12(11)14(10)20/h1-4H,15-20H2. The molecule has 0 spiro atoms. The second kappa shape index (κ2) is 3.74. The van der Waals surface area contributed by atoms with Gasteiger partial charge in [-0.1, -0.05) is 0 Å². The lowest BCUT2D eigenvalue weighted by Gasteiger charge is -2.17. The van der Waals surface area contributed by atoms with E-state index in [1.54, 1.807) is 24.3 Å². The molecule has 0 atom stereocenters. The van der Waals surface area contributed by atoms with E-state index in [1.165, 1.54) is 0 Å². The molecule has 6 nitrogen and oxygen atoms in total. The molecule has 0 amide bonds. The number of fused-ring (bicyclic) bond motifs is 2. The minimum absolute atomic E-state index is 0.443. The van der Waals surface area contributed by atoms with Crippen LogP contribution in [0, 0.1) is 0 Å². The van der Waals surface area contributed by atoms with Crippen molar-refractivity contribution in [3.8, 4) is 0 Å². The SMILES string of the molecule is Nc1ccc(N)c2c(N)c3c(N)ccc(N)c3c(N)c12. The van der Waals surface area contributed by atoms with Gasteiger partial charge in [0.25, 0.3) is 0 Å². The molecule has 0 aliphatic heterocycles. The quantitative estimate of drug-likeness (QED) is 0.206. The second-order valence-electron chi connectivity index (χ2n) is 4.82. The minimum Gasteiger partial charge on any atom is -0.398 e. The highest BCUT2D eigenvalue weighted by Gasteiger charge is 2.17. The Bertz CT molecular complexity index is 728. The van der Waals surface area contributed by atoms with Crippen molar-refractivity contribution in [2.45, 2.75) is 0 Å². The molecule has 0 saturated heterocycles. The van der Waals surface area contributed by atoms with Crippen molar-refractivity contribution >= 4 is 55.7 Å². The molecular weight excluding hydrogens is 252 g/mol. The largest absolute Gasteiger partial charge is 0.398 e. The molecule has 0 unspecified atom stereocenters. The highest BCUT2D eigenvalue weighted by molar-refractivity contribution is 6.28. The Morgan fingerprint density at radius 3 is 0.800 bits per heavy atom. The summed E-state index contributed by atoms with van der Waals surface area (Å²) in [5, 5.41) is 2.47. The van der Waals surface area contributed by atoms with Crippen molar-refractivity contribution in [3.63, 3.8) is 0 Å². The van der Waals surface area contributed by atoms with Crippen LogP contribution < -0.4 is 34.4 Å². The third kappa shape index (κ3) is 1.33. The number of hydrogen-bond acceptors (Lipinski definition) is 6. The van der Waals surface area contributed by atoms with Gasteiger partial charge in [0.05, 0.1) is 11.4 Å². The molecule has 3 aromatic carbocycles. The highest BCUT2D eigenvalue weighted by Crippen LogP contribution is 2.45. The van der Waals surface area contributed by atoms with E-state index in [0.717, 1.165) is 0 Å². The van der Waals surface area contributed by atoms with Crippen molar-refractivity contribution in [1.29, 1.82) is 0 Å². The van der Waals surface area contributed by atoms with E-state index in [1.807, 2.05) is 0 Å². The Morgan fingerprint density at radius 2 is 0.600 bits per heavy atom. The lowest BCUT2D eigenvalue weighted by molar-refractivity contribution is 1.69. The number of nitrogens with two attached hydrogens (primary N) is 6. The second-order valence-corrected chi connectivity index (χ2v) is 4.82. The molecule has 0 radical (unpaired) electrons. The number of nitrogen functional groups attached to an aromatic ring is 6. The average Bonchev–Trinajstić information content (AvgIpc) is 2.41. The summed E-state index contributed by atoms with van der Waals surface area (Å²) in [7, 11) is 0. The Balaban J connectivity index is 2.77. The predicted molar refractivity (Wildman–Crippen MR) is 87.9 cm³/mol. The Kier molecular flexibility index (Phi) is 2.25. The van der Waals surface area contributed by atoms with E-state index in [-0.39, 0.29) is 0 Å². The summed E-state index contributed by atoms with van der Waals surface area (Å²) >= 11 is 0. The summed E-state index contributed by atoms with van der Waals surface area (Å²) in [6.45, 7) is 0. The number of rotatable bonds is 0. The smallest absolute Gasteiger partial charge is 0.0518 e. The molecule has 102 valence electrons. The summed E-state index contributed by atoms with van der Waals surface area (Å²) in [6, 6.07) is 6.78. The molecule has 0 aliphatic carbocycles. The molecule has 0 saturated carbocycles. The first-order valence-corrected chi connectivity index (χ1v) is 6.05. The van der Waals surface area contributed by atoms with Gasteiger partial charge in [-0.3, -0.25) is 0 Å². The van der Waals surface area contributed by atoms with E-state index in [9.17, 15) is 0 Å². The van der Waals surface area contributed by atoms with Gasteiger partial charge >= 0.3 is 0 Å². The van der Waals surface area contributed by atoms with Crippen LogP contribution in [0.1, 0.15) is 0 Å². The summed E-state index contributed by atoms with van der Waals surface area (Å²) in [4.78, 5) is 0. The van der Waals surface area contributed by atoms with Crippen LogP contribution >= 0.6 is 0 Å². The highest BCUT2D eigenvalue weighted by atomic mass is 14.7. The molecule has 0 heterocycles. The zero-order valence-electron chi connectivity index (χ0n) is 10.8. The molecule has 0 fully saturated rings. The van der Waals surface area contributed by atoms with Gasteiger partial charge < -0.3 is 34.4 Å². The molecule has 6 heteroatoms. The van der Waals surface area contributed by atoms with E-state index < -0.39 is 0 Å². The van der Waals surface area contributed by atoms with Crippen molar-refractivity contribution in [2.24, 2.45) is 0 Å². The molecule has 3 aromatic rings. The monoisotopic (exact) mass is 268 g/mol. The number of benzene rings is 3. The van der Waals surface area contributed by atoms with Crippen molar-refractivity contribution in [1.82, 2.24) is 0 Å². The first-order valence-electron chi connectivity index (χ1n) is 6.05. The topological polar surface area (TPSA) is 156 Å². The van der Waals surface area contributed by atoms with Crippen LogP contribution in [0.2, 0.25) is 0 Å². The van der Waals surface area contributed by atoms with E-state index in [0.29, 0.717) is 55.7 Å². The van der Waals surface area contributed by atoms with Crippen LogP contribution in [0.5, 0.6) is 0 Å². The fraction of sp³-hybridized carbons (Fsp3) is 0. The molecule has 0 aliphatic rings. The van der Waals surface area contributed by atoms with Crippen LogP contribution in [0.15, 0.2) is 24.3 Å². The molecule has 12 N–H and O–H groups in total. The Labute approximate surface area is 115 Å². The van der Waals surface area contributed by atoms with Crippen molar-refractivity contribution in [2.75, 3.05) is 34.4 Å². The van der Waals surface area contributed by atoms with Gasteiger partial charge in [0.2, 0.25) is 0 Å². The van der Waals surface area contributed by atoms with Gasteiger partial charge in [0.1, 0.15) is 0 Å². The van der Waals surface area contributed by atoms with E-state index >= 15 is 0 Å². The van der Waals surface area contributed by atoms with Gasteiger partial charge in [-0.25, -0.2) is 0 Å². The Hall–Kier alpha value is -3.02. The third-order valence-electron chi connectivity index (χ3n) is 3.62. The summed E-state index contributed by atoms with van der Waals surface area (Å²) < 4.78 is 0. The van der Waals surface area contributed by atoms with Crippen LogP contribution in [0.25, 0.3) is 21.5 Å². The lowest BCUT2D eigenvalue weighted by Crippen LogP contribution is -2.04. The fourth-order valence-electron chi connectivity index (χ4n) is 2.68. The summed E-state index contributed by atoms with van der Waals surface area (Å²) in [6.07, 6.45) is 0. The average molecular weight is 268 g/mol. The summed E-state index contributed by atoms with van der Waals surface area (Å²) in [5.41, 5.74) is 39.4. The predicted octanol–water partition coefficient (Wildman–Crippen LogP) is 1.49. The number of hydrogen-bond donors (Lipinski definition) is 6. The van der Waals surface area contributed by atoms with E-state index in [2.05, 4.69) is 0 Å². The third-order valence-corrected chi connectivity index (χ3v) is 3.62. The van der Waals surface area contributed by atoms with Gasteiger partial charge in [-0.05, 0) is 24.3 Å². The Morgan fingerprint density at radius 1 is 0.400 bits per heavy atom. The molecule has 0 aromatic heterocycles. The van der Waals surface area contributed by atoms with Crippen LogP contribution in [0.3, 0.4) is 0 Å². The van der Waals surface area contributed by atoms with Gasteiger partial charge in [-0.15, -0.1) is 0 Å².